The highest BCUT2D eigenvalue weighted by Gasteiger charge is 2.49. The predicted octanol–water partition coefficient (Wildman–Crippen LogP) is 1.90. The van der Waals surface area contributed by atoms with Gasteiger partial charge in [0.05, 0.1) is 4.34 Å². The van der Waals surface area contributed by atoms with Crippen molar-refractivity contribution < 1.29 is 13.5 Å². The highest BCUT2D eigenvalue weighted by molar-refractivity contribution is 7.91. The van der Waals surface area contributed by atoms with E-state index in [1.165, 1.54) is 0 Å². The first kappa shape index (κ1) is 17.2. The molecule has 0 saturated carbocycles. The van der Waals surface area contributed by atoms with Gasteiger partial charge in [0.2, 0.25) is 0 Å². The Hall–Kier alpha value is -1.26. The molecule has 2 fully saturated rings. The van der Waals surface area contributed by atoms with Crippen LogP contribution in [0.1, 0.15) is 25.3 Å². The standard InChI is InChI=1S/C15H17ClN4O3S2/c1-9(21)15-17-5-4-13(18-15)19-7-11-6-10(19)8-20(11)25(22,23)14-3-2-12(16)24-14/h2-5,9-11,21H,6-8H2,1H3. The van der Waals surface area contributed by atoms with Gasteiger partial charge in [-0.1, -0.05) is 11.6 Å². The summed E-state index contributed by atoms with van der Waals surface area (Å²) in [6, 6.07) is 4.96. The normalized spacial score (nSPS) is 24.8. The Morgan fingerprint density at radius 1 is 1.32 bits per heavy atom. The number of aromatic nitrogens is 2. The number of fused-ring (bicyclic) bond motifs is 2. The van der Waals surface area contributed by atoms with Crippen LogP contribution in [0, 0.1) is 0 Å². The number of halogens is 1. The zero-order valence-corrected chi connectivity index (χ0v) is 15.8. The van der Waals surface area contributed by atoms with Crippen LogP contribution in [-0.2, 0) is 10.0 Å². The Morgan fingerprint density at radius 2 is 2.12 bits per heavy atom. The molecule has 3 atom stereocenters. The largest absolute Gasteiger partial charge is 0.385 e. The van der Waals surface area contributed by atoms with Gasteiger partial charge in [-0.2, -0.15) is 4.31 Å². The number of sulfonamides is 1. The summed E-state index contributed by atoms with van der Waals surface area (Å²) in [4.78, 5) is 10.6. The summed E-state index contributed by atoms with van der Waals surface area (Å²) in [5.41, 5.74) is 0. The SMILES string of the molecule is CC(O)c1nccc(N2CC3CC2CN3S(=O)(=O)c2ccc(Cl)s2)n1. The molecular formula is C15H17ClN4O3S2. The maximum Gasteiger partial charge on any atom is 0.252 e. The van der Waals surface area contributed by atoms with Crippen LogP contribution < -0.4 is 4.90 Å². The molecule has 2 aromatic rings. The first-order valence-corrected chi connectivity index (χ1v) is 10.5. The molecule has 25 heavy (non-hydrogen) atoms. The molecule has 3 unspecified atom stereocenters. The van der Waals surface area contributed by atoms with Gasteiger partial charge >= 0.3 is 0 Å². The van der Waals surface area contributed by atoms with Crippen molar-refractivity contribution in [2.24, 2.45) is 0 Å². The lowest BCUT2D eigenvalue weighted by molar-refractivity contribution is 0.189. The van der Waals surface area contributed by atoms with E-state index in [1.807, 2.05) is 0 Å². The lowest BCUT2D eigenvalue weighted by Crippen LogP contribution is -2.48. The van der Waals surface area contributed by atoms with Gasteiger partial charge in [0.15, 0.2) is 5.82 Å². The smallest absolute Gasteiger partial charge is 0.252 e. The molecule has 0 amide bonds. The van der Waals surface area contributed by atoms with Gasteiger partial charge in [0, 0.05) is 31.4 Å². The van der Waals surface area contributed by atoms with E-state index < -0.39 is 16.1 Å². The second-order valence-electron chi connectivity index (χ2n) is 6.28. The number of piperazine rings is 1. The predicted molar refractivity (Wildman–Crippen MR) is 95.4 cm³/mol. The van der Waals surface area contributed by atoms with Gasteiger partial charge in [-0.15, -0.1) is 11.3 Å². The van der Waals surface area contributed by atoms with E-state index in [4.69, 9.17) is 11.6 Å². The van der Waals surface area contributed by atoms with Crippen molar-refractivity contribution >= 4 is 38.8 Å². The maximum absolute atomic E-state index is 12.8. The lowest BCUT2D eigenvalue weighted by atomic mass is 10.2. The summed E-state index contributed by atoms with van der Waals surface area (Å²) in [7, 11) is -3.51. The molecular weight excluding hydrogens is 384 g/mol. The molecule has 2 saturated heterocycles. The van der Waals surface area contributed by atoms with E-state index in [9.17, 15) is 13.5 Å². The molecule has 4 rings (SSSR count). The summed E-state index contributed by atoms with van der Waals surface area (Å²) in [5, 5.41) is 9.66. The number of nitrogens with zero attached hydrogens (tertiary/aromatic N) is 4. The Balaban J connectivity index is 1.55. The number of rotatable bonds is 4. The van der Waals surface area contributed by atoms with Gasteiger partial charge in [-0.05, 0) is 31.5 Å². The molecule has 10 heteroatoms. The molecule has 134 valence electrons. The highest BCUT2D eigenvalue weighted by atomic mass is 35.5. The van der Waals surface area contributed by atoms with Crippen molar-refractivity contribution in [3.05, 3.63) is 34.6 Å². The minimum atomic E-state index is -3.51. The Morgan fingerprint density at radius 3 is 2.72 bits per heavy atom. The van der Waals surface area contributed by atoms with Crippen LogP contribution in [-0.4, -0.2) is 53.0 Å². The van der Waals surface area contributed by atoms with Gasteiger partial charge in [0.25, 0.3) is 10.0 Å². The second kappa shape index (κ2) is 6.17. The van der Waals surface area contributed by atoms with Crippen LogP contribution in [0.4, 0.5) is 5.82 Å². The number of thiophene rings is 1. The molecule has 7 nitrogen and oxygen atoms in total. The van der Waals surface area contributed by atoms with Crippen LogP contribution in [0.2, 0.25) is 4.34 Å². The molecule has 0 aliphatic carbocycles. The quantitative estimate of drug-likeness (QED) is 0.843. The van der Waals surface area contributed by atoms with Gasteiger partial charge < -0.3 is 10.0 Å². The third kappa shape index (κ3) is 2.93. The fraction of sp³-hybridized carbons (Fsp3) is 0.467. The molecule has 4 heterocycles. The molecule has 0 aromatic carbocycles. The lowest BCUT2D eigenvalue weighted by Gasteiger charge is -2.34. The third-order valence-corrected chi connectivity index (χ3v) is 8.25. The number of anilines is 1. The molecule has 2 bridgehead atoms. The minimum Gasteiger partial charge on any atom is -0.385 e. The van der Waals surface area contributed by atoms with E-state index in [0.29, 0.717) is 23.3 Å². The fourth-order valence-corrected chi connectivity index (χ4v) is 6.76. The summed E-state index contributed by atoms with van der Waals surface area (Å²) < 4.78 is 28.0. The molecule has 0 spiro atoms. The monoisotopic (exact) mass is 400 g/mol. The van der Waals surface area contributed by atoms with Crippen molar-refractivity contribution in [2.45, 2.75) is 35.7 Å². The zero-order chi connectivity index (χ0) is 17.8. The highest BCUT2D eigenvalue weighted by Crippen LogP contribution is 2.38. The maximum atomic E-state index is 12.8. The van der Waals surface area contributed by atoms with Crippen molar-refractivity contribution in [2.75, 3.05) is 18.0 Å². The number of aliphatic hydroxyl groups is 1. The molecule has 2 aliphatic rings. The van der Waals surface area contributed by atoms with E-state index in [0.717, 1.165) is 23.6 Å². The Kier molecular flexibility index (Phi) is 4.24. The second-order valence-corrected chi connectivity index (χ2v) is 10.1. The van der Waals surface area contributed by atoms with Crippen molar-refractivity contribution in [3.63, 3.8) is 0 Å². The molecule has 1 N–H and O–H groups in total. The van der Waals surface area contributed by atoms with Crippen LogP contribution >= 0.6 is 22.9 Å². The third-order valence-electron chi connectivity index (χ3n) is 4.63. The topological polar surface area (TPSA) is 86.6 Å². The first-order chi connectivity index (χ1) is 11.9. The molecule has 2 aromatic heterocycles. The zero-order valence-electron chi connectivity index (χ0n) is 13.4. The Bertz CT molecular complexity index is 902. The summed E-state index contributed by atoms with van der Waals surface area (Å²) in [6.45, 7) is 2.63. The Labute approximate surface area is 154 Å². The minimum absolute atomic E-state index is 0.0759. The van der Waals surface area contributed by atoms with Crippen molar-refractivity contribution in [1.29, 1.82) is 0 Å². The van der Waals surface area contributed by atoms with Gasteiger partial charge in [0.1, 0.15) is 16.1 Å². The first-order valence-electron chi connectivity index (χ1n) is 7.91. The average Bonchev–Trinajstić information content (AvgIpc) is 3.30. The van der Waals surface area contributed by atoms with Crippen LogP contribution in [0.5, 0.6) is 0 Å². The molecule has 0 radical (unpaired) electrons. The number of hydrogen-bond donors (Lipinski definition) is 1. The number of hydrogen-bond acceptors (Lipinski definition) is 7. The summed E-state index contributed by atoms with van der Waals surface area (Å²) in [6.07, 6.45) is 1.66. The molecule has 2 aliphatic heterocycles. The van der Waals surface area contributed by atoms with E-state index in [1.54, 1.807) is 35.6 Å². The summed E-state index contributed by atoms with van der Waals surface area (Å²) >= 11 is 6.97. The van der Waals surface area contributed by atoms with Gasteiger partial charge in [-0.3, -0.25) is 0 Å². The van der Waals surface area contributed by atoms with Crippen LogP contribution in [0.25, 0.3) is 0 Å². The summed E-state index contributed by atoms with van der Waals surface area (Å²) in [5.74, 6) is 1.10. The number of aliphatic hydroxyl groups excluding tert-OH is 1. The van der Waals surface area contributed by atoms with Crippen molar-refractivity contribution in [1.82, 2.24) is 14.3 Å². The van der Waals surface area contributed by atoms with E-state index >= 15 is 0 Å². The fourth-order valence-electron chi connectivity index (χ4n) is 3.48. The van der Waals surface area contributed by atoms with Gasteiger partial charge in [-0.25, -0.2) is 18.4 Å². The van der Waals surface area contributed by atoms with Crippen LogP contribution in [0.3, 0.4) is 0 Å². The van der Waals surface area contributed by atoms with Crippen LogP contribution in [0.15, 0.2) is 28.6 Å². The van der Waals surface area contributed by atoms with E-state index in [2.05, 4.69) is 14.9 Å². The average molecular weight is 401 g/mol. The van der Waals surface area contributed by atoms with E-state index in [-0.39, 0.29) is 16.3 Å². The van der Waals surface area contributed by atoms with Crippen molar-refractivity contribution in [3.8, 4) is 0 Å².